The average molecular weight is 276 g/mol. The lowest BCUT2D eigenvalue weighted by Gasteiger charge is -2.15. The molecular weight excluding hydrogens is 246 g/mol. The fraction of sp³-hybridized carbons (Fsp3) is 0.667. The maximum absolute atomic E-state index is 6.00. The minimum Gasteiger partial charge on any atom is -0.493 e. The molecule has 0 heterocycles. The molecule has 1 aromatic rings. The van der Waals surface area contributed by atoms with Gasteiger partial charge >= 0.3 is 0 Å². The van der Waals surface area contributed by atoms with E-state index in [2.05, 4.69) is 43.4 Å². The molecule has 1 atom stereocenters. The molecule has 2 nitrogen and oxygen atoms in total. The first-order chi connectivity index (χ1) is 9.81. The van der Waals surface area contributed by atoms with Gasteiger partial charge in [0.1, 0.15) is 5.75 Å². The fourth-order valence-corrected chi connectivity index (χ4v) is 3.05. The molecule has 2 N–H and O–H groups in total. The van der Waals surface area contributed by atoms with Crippen LogP contribution in [0.25, 0.3) is 0 Å². The monoisotopic (exact) mass is 276 g/mol. The fourth-order valence-electron chi connectivity index (χ4n) is 3.05. The third-order valence-electron chi connectivity index (χ3n) is 4.57. The molecule has 0 aromatic heterocycles. The van der Waals surface area contributed by atoms with Gasteiger partial charge in [-0.05, 0) is 49.7 Å². The Bertz CT molecular complexity index is 385. The van der Waals surface area contributed by atoms with Crippen LogP contribution in [0.5, 0.6) is 5.75 Å². The van der Waals surface area contributed by atoms with Gasteiger partial charge in [0, 0.05) is 6.42 Å². The lowest BCUT2D eigenvalue weighted by Crippen LogP contribution is -2.89. The summed E-state index contributed by atoms with van der Waals surface area (Å²) in [7, 11) is 0. The Balaban J connectivity index is 1.70. The minimum atomic E-state index is 0.580. The molecule has 1 aliphatic rings. The molecule has 0 spiro atoms. The summed E-state index contributed by atoms with van der Waals surface area (Å²) in [5.74, 6) is 1.67. The molecule has 112 valence electrons. The summed E-state index contributed by atoms with van der Waals surface area (Å²) >= 11 is 0. The average Bonchev–Trinajstić information content (AvgIpc) is 3.00. The smallest absolute Gasteiger partial charge is 0.122 e. The van der Waals surface area contributed by atoms with Crippen molar-refractivity contribution in [2.75, 3.05) is 13.2 Å². The summed E-state index contributed by atoms with van der Waals surface area (Å²) in [4.78, 5) is 0. The zero-order chi connectivity index (χ0) is 14.2. The number of ether oxygens (including phenoxy) is 1. The Hall–Kier alpha value is -1.02. The molecule has 0 radical (unpaired) electrons. The Labute approximate surface area is 123 Å². The molecule has 1 aliphatic carbocycles. The number of quaternary nitrogens is 1. The van der Waals surface area contributed by atoms with Gasteiger partial charge in [0.15, 0.2) is 0 Å². The van der Waals surface area contributed by atoms with E-state index in [0.717, 1.165) is 31.2 Å². The maximum atomic E-state index is 6.00. The SMILES string of the molecule is CC[C@H](C)c1ccccc1OCCC[NH2+]C1CCCC1. The lowest BCUT2D eigenvalue weighted by molar-refractivity contribution is -0.688. The quantitative estimate of drug-likeness (QED) is 0.723. The topological polar surface area (TPSA) is 25.8 Å². The number of hydrogen-bond donors (Lipinski definition) is 1. The second-order valence-corrected chi connectivity index (χ2v) is 6.12. The van der Waals surface area contributed by atoms with Crippen LogP contribution in [-0.2, 0) is 0 Å². The molecule has 0 bridgehead atoms. The molecule has 0 aliphatic heterocycles. The van der Waals surface area contributed by atoms with Crippen molar-refractivity contribution in [3.8, 4) is 5.75 Å². The largest absolute Gasteiger partial charge is 0.493 e. The second kappa shape index (κ2) is 8.31. The summed E-state index contributed by atoms with van der Waals surface area (Å²) in [5, 5.41) is 2.52. The van der Waals surface area contributed by atoms with Gasteiger partial charge in [0.2, 0.25) is 0 Å². The maximum Gasteiger partial charge on any atom is 0.122 e. The molecule has 1 saturated carbocycles. The molecule has 20 heavy (non-hydrogen) atoms. The van der Waals surface area contributed by atoms with Crippen LogP contribution in [0.4, 0.5) is 0 Å². The van der Waals surface area contributed by atoms with Crippen molar-refractivity contribution in [3.05, 3.63) is 29.8 Å². The first-order valence-electron chi connectivity index (χ1n) is 8.36. The van der Waals surface area contributed by atoms with Crippen LogP contribution in [-0.4, -0.2) is 19.2 Å². The summed E-state index contributed by atoms with van der Waals surface area (Å²) in [6, 6.07) is 9.40. The standard InChI is InChI=1S/C18H29NO/c1-3-15(2)17-11-6-7-12-18(17)20-14-8-13-19-16-9-4-5-10-16/h6-7,11-12,15-16,19H,3-5,8-10,13-14H2,1-2H3/p+1/t15-/m0/s1. The molecule has 1 fully saturated rings. The van der Waals surface area contributed by atoms with Gasteiger partial charge in [-0.3, -0.25) is 0 Å². The van der Waals surface area contributed by atoms with E-state index in [9.17, 15) is 0 Å². The molecule has 2 heteroatoms. The Morgan fingerprint density at radius 1 is 1.25 bits per heavy atom. The zero-order valence-electron chi connectivity index (χ0n) is 13.1. The van der Waals surface area contributed by atoms with Crippen molar-refractivity contribution in [1.82, 2.24) is 0 Å². The van der Waals surface area contributed by atoms with E-state index in [1.54, 1.807) is 0 Å². The summed E-state index contributed by atoms with van der Waals surface area (Å²) in [6.45, 7) is 6.56. The third kappa shape index (κ3) is 4.52. The first-order valence-corrected chi connectivity index (χ1v) is 8.36. The number of benzene rings is 1. The number of hydrogen-bond acceptors (Lipinski definition) is 1. The Morgan fingerprint density at radius 2 is 2.00 bits per heavy atom. The van der Waals surface area contributed by atoms with Crippen molar-refractivity contribution < 1.29 is 10.1 Å². The van der Waals surface area contributed by atoms with E-state index < -0.39 is 0 Å². The number of para-hydroxylation sites is 1. The highest BCUT2D eigenvalue weighted by Gasteiger charge is 2.16. The van der Waals surface area contributed by atoms with Gasteiger partial charge < -0.3 is 10.1 Å². The number of rotatable bonds is 8. The third-order valence-corrected chi connectivity index (χ3v) is 4.57. The van der Waals surface area contributed by atoms with Crippen LogP contribution < -0.4 is 10.1 Å². The molecule has 0 amide bonds. The van der Waals surface area contributed by atoms with E-state index in [4.69, 9.17) is 4.74 Å². The van der Waals surface area contributed by atoms with Crippen molar-refractivity contribution >= 4 is 0 Å². The van der Waals surface area contributed by atoms with Gasteiger partial charge in [-0.1, -0.05) is 32.0 Å². The van der Waals surface area contributed by atoms with E-state index in [0.29, 0.717) is 5.92 Å². The first kappa shape index (κ1) is 15.4. The van der Waals surface area contributed by atoms with Crippen LogP contribution in [0.15, 0.2) is 24.3 Å². The van der Waals surface area contributed by atoms with Crippen LogP contribution in [0.2, 0.25) is 0 Å². The predicted molar refractivity (Wildman–Crippen MR) is 84.3 cm³/mol. The van der Waals surface area contributed by atoms with Crippen molar-refractivity contribution in [2.45, 2.75) is 64.3 Å². The molecular formula is C18H30NO+. The van der Waals surface area contributed by atoms with Gasteiger partial charge in [-0.25, -0.2) is 0 Å². The van der Waals surface area contributed by atoms with Crippen LogP contribution in [0, 0.1) is 0 Å². The molecule has 1 aromatic carbocycles. The normalized spacial score (nSPS) is 17.3. The van der Waals surface area contributed by atoms with E-state index in [-0.39, 0.29) is 0 Å². The summed E-state index contributed by atoms with van der Waals surface area (Å²) < 4.78 is 6.00. The summed E-state index contributed by atoms with van der Waals surface area (Å²) in [6.07, 6.45) is 8.00. The predicted octanol–water partition coefficient (Wildman–Crippen LogP) is 3.48. The van der Waals surface area contributed by atoms with Crippen molar-refractivity contribution in [3.63, 3.8) is 0 Å². The van der Waals surface area contributed by atoms with E-state index in [1.165, 1.54) is 37.8 Å². The van der Waals surface area contributed by atoms with Gasteiger partial charge in [-0.2, -0.15) is 0 Å². The van der Waals surface area contributed by atoms with Gasteiger partial charge in [0.25, 0.3) is 0 Å². The lowest BCUT2D eigenvalue weighted by atomic mass is 9.98. The highest BCUT2D eigenvalue weighted by molar-refractivity contribution is 5.35. The molecule has 2 rings (SSSR count). The second-order valence-electron chi connectivity index (χ2n) is 6.12. The summed E-state index contributed by atoms with van der Waals surface area (Å²) in [5.41, 5.74) is 1.36. The van der Waals surface area contributed by atoms with Crippen LogP contribution in [0.3, 0.4) is 0 Å². The molecule has 0 saturated heterocycles. The van der Waals surface area contributed by atoms with Gasteiger partial charge in [-0.15, -0.1) is 0 Å². The van der Waals surface area contributed by atoms with Gasteiger partial charge in [0.05, 0.1) is 19.2 Å². The number of nitrogens with two attached hydrogens (primary N) is 1. The highest BCUT2D eigenvalue weighted by atomic mass is 16.5. The van der Waals surface area contributed by atoms with E-state index in [1.807, 2.05) is 0 Å². The minimum absolute atomic E-state index is 0.580. The van der Waals surface area contributed by atoms with E-state index >= 15 is 0 Å². The van der Waals surface area contributed by atoms with Crippen molar-refractivity contribution in [2.24, 2.45) is 0 Å². The van der Waals surface area contributed by atoms with Crippen LogP contribution >= 0.6 is 0 Å². The van der Waals surface area contributed by atoms with Crippen molar-refractivity contribution in [1.29, 1.82) is 0 Å². The van der Waals surface area contributed by atoms with Crippen LogP contribution in [0.1, 0.15) is 63.9 Å². The highest BCUT2D eigenvalue weighted by Crippen LogP contribution is 2.28. The Kier molecular flexibility index (Phi) is 6.38. The zero-order valence-corrected chi connectivity index (χ0v) is 13.1. The Morgan fingerprint density at radius 3 is 2.75 bits per heavy atom. The molecule has 0 unspecified atom stereocenters.